The SMILES string of the molecule is COc1cc(NC(=O)CN2C(=O)C(c3ccc(F)cc3)=NC2(C)C)cc(OC)c1OC. The van der Waals surface area contributed by atoms with E-state index in [1.54, 1.807) is 26.0 Å². The van der Waals surface area contributed by atoms with E-state index in [2.05, 4.69) is 10.3 Å². The molecule has 9 heteroatoms. The standard InChI is InChI=1S/C22H24FN3O5/c1-22(2)25-19(13-6-8-14(23)9-7-13)21(28)26(22)12-18(27)24-15-10-16(29-3)20(31-5)17(11-15)30-4/h6-11H,12H2,1-5H3,(H,24,27). The van der Waals surface area contributed by atoms with Crippen LogP contribution in [0.1, 0.15) is 19.4 Å². The largest absolute Gasteiger partial charge is 0.493 e. The minimum absolute atomic E-state index is 0.186. The van der Waals surface area contributed by atoms with Gasteiger partial charge in [-0.3, -0.25) is 14.6 Å². The number of nitrogens with one attached hydrogen (secondary N) is 1. The van der Waals surface area contributed by atoms with E-state index < -0.39 is 23.3 Å². The Balaban J connectivity index is 1.78. The monoisotopic (exact) mass is 429 g/mol. The maximum absolute atomic E-state index is 13.2. The fraction of sp³-hybridized carbons (Fsp3) is 0.318. The quantitative estimate of drug-likeness (QED) is 0.731. The van der Waals surface area contributed by atoms with Gasteiger partial charge in [-0.1, -0.05) is 0 Å². The minimum Gasteiger partial charge on any atom is -0.493 e. The molecule has 0 bridgehead atoms. The molecule has 0 spiro atoms. The molecule has 0 saturated carbocycles. The summed E-state index contributed by atoms with van der Waals surface area (Å²) in [5.41, 5.74) is 0.161. The number of carbonyl (C=O) groups is 2. The second kappa shape index (κ2) is 8.63. The summed E-state index contributed by atoms with van der Waals surface area (Å²) in [4.78, 5) is 31.5. The number of aliphatic imine (C=N–C) groups is 1. The molecule has 2 amide bonds. The maximum atomic E-state index is 13.2. The number of nitrogens with zero attached hydrogens (tertiary/aromatic N) is 2. The van der Waals surface area contributed by atoms with Crippen molar-refractivity contribution in [1.29, 1.82) is 0 Å². The Morgan fingerprint density at radius 3 is 2.16 bits per heavy atom. The summed E-state index contributed by atoms with van der Waals surface area (Å²) in [7, 11) is 4.43. The summed E-state index contributed by atoms with van der Waals surface area (Å²) in [6.07, 6.45) is 0. The number of benzene rings is 2. The highest BCUT2D eigenvalue weighted by Crippen LogP contribution is 2.40. The van der Waals surface area contributed by atoms with Crippen LogP contribution in [-0.2, 0) is 9.59 Å². The van der Waals surface area contributed by atoms with Crippen LogP contribution in [0.5, 0.6) is 17.2 Å². The molecule has 1 N–H and O–H groups in total. The van der Waals surface area contributed by atoms with Gasteiger partial charge in [0.05, 0.1) is 21.3 Å². The molecule has 2 aromatic carbocycles. The summed E-state index contributed by atoms with van der Waals surface area (Å²) < 4.78 is 29.1. The Morgan fingerprint density at radius 2 is 1.65 bits per heavy atom. The molecule has 1 heterocycles. The van der Waals surface area contributed by atoms with Gasteiger partial charge >= 0.3 is 0 Å². The molecule has 0 aromatic heterocycles. The van der Waals surface area contributed by atoms with Crippen LogP contribution < -0.4 is 19.5 Å². The molecule has 164 valence electrons. The second-order valence-corrected chi connectivity index (χ2v) is 7.32. The molecule has 1 aliphatic rings. The van der Waals surface area contributed by atoms with Gasteiger partial charge in [0.1, 0.15) is 23.7 Å². The van der Waals surface area contributed by atoms with Gasteiger partial charge in [0.15, 0.2) is 11.5 Å². The van der Waals surface area contributed by atoms with E-state index in [9.17, 15) is 14.0 Å². The van der Waals surface area contributed by atoms with Crippen molar-refractivity contribution < 1.29 is 28.2 Å². The lowest BCUT2D eigenvalue weighted by atomic mass is 10.1. The predicted octanol–water partition coefficient (Wildman–Crippen LogP) is 2.86. The van der Waals surface area contributed by atoms with E-state index in [-0.39, 0.29) is 12.3 Å². The molecule has 0 aliphatic carbocycles. The maximum Gasteiger partial charge on any atom is 0.275 e. The van der Waals surface area contributed by atoms with E-state index in [0.29, 0.717) is 28.5 Å². The Morgan fingerprint density at radius 1 is 1.06 bits per heavy atom. The molecule has 0 saturated heterocycles. The predicted molar refractivity (Wildman–Crippen MR) is 113 cm³/mol. The van der Waals surface area contributed by atoms with Crippen molar-refractivity contribution in [2.24, 2.45) is 4.99 Å². The number of rotatable bonds is 7. The highest BCUT2D eigenvalue weighted by atomic mass is 19.1. The van der Waals surface area contributed by atoms with Gasteiger partial charge in [0.2, 0.25) is 11.7 Å². The van der Waals surface area contributed by atoms with Crippen molar-refractivity contribution in [1.82, 2.24) is 4.90 Å². The first-order valence-corrected chi connectivity index (χ1v) is 9.47. The number of carbonyl (C=O) groups excluding carboxylic acids is 2. The number of anilines is 1. The smallest absolute Gasteiger partial charge is 0.275 e. The van der Waals surface area contributed by atoms with Gasteiger partial charge in [-0.05, 0) is 38.1 Å². The van der Waals surface area contributed by atoms with Crippen LogP contribution >= 0.6 is 0 Å². The van der Waals surface area contributed by atoms with E-state index in [1.807, 2.05) is 0 Å². The van der Waals surface area contributed by atoms with Gasteiger partial charge in [-0.2, -0.15) is 0 Å². The molecular weight excluding hydrogens is 405 g/mol. The van der Waals surface area contributed by atoms with E-state index in [0.717, 1.165) is 0 Å². The van der Waals surface area contributed by atoms with Crippen LogP contribution in [0.3, 0.4) is 0 Å². The van der Waals surface area contributed by atoms with Crippen molar-refractivity contribution in [3.8, 4) is 17.2 Å². The highest BCUT2D eigenvalue weighted by molar-refractivity contribution is 6.47. The van der Waals surface area contributed by atoms with Gasteiger partial charge in [-0.25, -0.2) is 4.39 Å². The van der Waals surface area contributed by atoms with E-state index in [1.165, 1.54) is 50.5 Å². The molecule has 1 aliphatic heterocycles. The first-order chi connectivity index (χ1) is 14.7. The lowest BCUT2D eigenvalue weighted by molar-refractivity contribution is -0.131. The van der Waals surface area contributed by atoms with Crippen LogP contribution in [0.25, 0.3) is 0 Å². The van der Waals surface area contributed by atoms with Gasteiger partial charge < -0.3 is 24.4 Å². The first-order valence-electron chi connectivity index (χ1n) is 9.47. The third-order valence-electron chi connectivity index (χ3n) is 4.86. The second-order valence-electron chi connectivity index (χ2n) is 7.32. The summed E-state index contributed by atoms with van der Waals surface area (Å²) in [6, 6.07) is 8.69. The molecule has 0 atom stereocenters. The normalized spacial score (nSPS) is 14.8. The molecular formula is C22H24FN3O5. The van der Waals surface area contributed by atoms with Crippen LogP contribution in [0.15, 0.2) is 41.4 Å². The number of hydrogen-bond donors (Lipinski definition) is 1. The number of halogens is 1. The number of hydrogen-bond acceptors (Lipinski definition) is 6. The summed E-state index contributed by atoms with van der Waals surface area (Å²) >= 11 is 0. The molecule has 31 heavy (non-hydrogen) atoms. The first kappa shape index (κ1) is 22.1. The van der Waals surface area contributed by atoms with E-state index in [4.69, 9.17) is 14.2 Å². The zero-order chi connectivity index (χ0) is 22.8. The Bertz CT molecular complexity index is 1010. The van der Waals surface area contributed by atoms with E-state index >= 15 is 0 Å². The van der Waals surface area contributed by atoms with Crippen LogP contribution in [0.4, 0.5) is 10.1 Å². The molecule has 3 rings (SSSR count). The zero-order valence-corrected chi connectivity index (χ0v) is 18.0. The van der Waals surface area contributed by atoms with Crippen molar-refractivity contribution in [3.05, 3.63) is 47.8 Å². The summed E-state index contributed by atoms with van der Waals surface area (Å²) in [6.45, 7) is 3.24. The Kier molecular flexibility index (Phi) is 6.14. The lowest BCUT2D eigenvalue weighted by Gasteiger charge is -2.28. The lowest BCUT2D eigenvalue weighted by Crippen LogP contribution is -2.46. The topological polar surface area (TPSA) is 89.5 Å². The summed E-state index contributed by atoms with van der Waals surface area (Å²) in [5.74, 6) is -0.0666. The number of amides is 2. The number of ether oxygens (including phenoxy) is 3. The zero-order valence-electron chi connectivity index (χ0n) is 18.0. The van der Waals surface area contributed by atoms with Crippen molar-refractivity contribution in [2.75, 3.05) is 33.2 Å². The van der Waals surface area contributed by atoms with Crippen LogP contribution in [0, 0.1) is 5.82 Å². The number of methoxy groups -OCH3 is 3. The fourth-order valence-electron chi connectivity index (χ4n) is 3.32. The van der Waals surface area contributed by atoms with Gasteiger partial charge in [0.25, 0.3) is 5.91 Å². The molecule has 0 radical (unpaired) electrons. The molecule has 8 nitrogen and oxygen atoms in total. The molecule has 0 unspecified atom stereocenters. The van der Waals surface area contributed by atoms with Crippen LogP contribution in [-0.4, -0.2) is 56.0 Å². The van der Waals surface area contributed by atoms with Crippen molar-refractivity contribution in [2.45, 2.75) is 19.5 Å². The Labute approximate surface area is 179 Å². The molecule has 0 fully saturated rings. The highest BCUT2D eigenvalue weighted by Gasteiger charge is 2.41. The van der Waals surface area contributed by atoms with Crippen molar-refractivity contribution in [3.63, 3.8) is 0 Å². The van der Waals surface area contributed by atoms with Crippen LogP contribution in [0.2, 0.25) is 0 Å². The molecule has 2 aromatic rings. The summed E-state index contributed by atoms with van der Waals surface area (Å²) in [5, 5.41) is 2.74. The van der Waals surface area contributed by atoms with Crippen molar-refractivity contribution >= 4 is 23.2 Å². The van der Waals surface area contributed by atoms with Gasteiger partial charge in [-0.15, -0.1) is 0 Å². The van der Waals surface area contributed by atoms with Gasteiger partial charge in [0, 0.05) is 23.4 Å². The average molecular weight is 429 g/mol. The third kappa shape index (κ3) is 4.45. The Hall–Kier alpha value is -3.62. The fourth-order valence-corrected chi connectivity index (χ4v) is 3.32. The average Bonchev–Trinajstić information content (AvgIpc) is 2.96. The minimum atomic E-state index is -0.937. The third-order valence-corrected chi connectivity index (χ3v) is 4.86.